The van der Waals surface area contributed by atoms with Crippen LogP contribution >= 0.6 is 39.9 Å². The molecular formula is C13H10BrNOS2. The molecule has 0 aromatic heterocycles. The molecular weight excluding hydrogens is 330 g/mol. The van der Waals surface area contributed by atoms with Crippen molar-refractivity contribution >= 4 is 56.2 Å². The normalized spacial score (nSPS) is 17.6. The van der Waals surface area contributed by atoms with Gasteiger partial charge in [-0.1, -0.05) is 58.1 Å². The van der Waals surface area contributed by atoms with Crippen LogP contribution in [0.1, 0.15) is 5.56 Å². The van der Waals surface area contributed by atoms with Gasteiger partial charge in [-0.3, -0.25) is 9.69 Å². The van der Waals surface area contributed by atoms with Crippen LogP contribution in [-0.2, 0) is 4.79 Å². The van der Waals surface area contributed by atoms with Gasteiger partial charge in [0.15, 0.2) is 0 Å². The predicted octanol–water partition coefficient (Wildman–Crippen LogP) is 3.84. The highest BCUT2D eigenvalue weighted by atomic mass is 79.9. The van der Waals surface area contributed by atoms with Crippen LogP contribution in [0.2, 0.25) is 0 Å². The van der Waals surface area contributed by atoms with Crippen molar-refractivity contribution in [1.29, 1.82) is 0 Å². The van der Waals surface area contributed by atoms with Gasteiger partial charge in [0, 0.05) is 11.0 Å². The fourth-order valence-corrected chi connectivity index (χ4v) is 3.04. The van der Waals surface area contributed by atoms with E-state index in [1.807, 2.05) is 30.3 Å². The first-order chi connectivity index (χ1) is 8.61. The molecule has 1 aliphatic heterocycles. The summed E-state index contributed by atoms with van der Waals surface area (Å²) in [5.41, 5.74) is 0.984. The summed E-state index contributed by atoms with van der Waals surface area (Å²) < 4.78 is 1.60. The lowest BCUT2D eigenvalue weighted by Gasteiger charge is -2.10. The molecule has 1 aromatic rings. The van der Waals surface area contributed by atoms with Crippen LogP contribution in [0.4, 0.5) is 0 Å². The van der Waals surface area contributed by atoms with Crippen LogP contribution in [0.15, 0.2) is 46.3 Å². The highest BCUT2D eigenvalue weighted by Crippen LogP contribution is 2.32. The Labute approximate surface area is 124 Å². The monoisotopic (exact) mass is 339 g/mol. The topological polar surface area (TPSA) is 20.3 Å². The fourth-order valence-electron chi connectivity index (χ4n) is 1.50. The van der Waals surface area contributed by atoms with Crippen molar-refractivity contribution in [2.45, 2.75) is 0 Å². The molecule has 1 saturated heterocycles. The Kier molecular flexibility index (Phi) is 4.37. The van der Waals surface area contributed by atoms with Crippen molar-refractivity contribution in [3.63, 3.8) is 0 Å². The van der Waals surface area contributed by atoms with Crippen LogP contribution in [0.25, 0.3) is 6.08 Å². The van der Waals surface area contributed by atoms with E-state index in [9.17, 15) is 4.79 Å². The highest BCUT2D eigenvalue weighted by Gasteiger charge is 2.30. The lowest BCUT2D eigenvalue weighted by Crippen LogP contribution is -2.27. The van der Waals surface area contributed by atoms with Crippen LogP contribution in [0.5, 0.6) is 0 Å². The molecule has 2 nitrogen and oxygen atoms in total. The third kappa shape index (κ3) is 2.91. The molecule has 1 amide bonds. The second-order valence-electron chi connectivity index (χ2n) is 3.63. The molecule has 0 saturated carbocycles. The first-order valence-electron chi connectivity index (χ1n) is 5.23. The minimum Gasteiger partial charge on any atom is -0.289 e. The Morgan fingerprint density at radius 3 is 2.67 bits per heavy atom. The van der Waals surface area contributed by atoms with E-state index in [1.54, 1.807) is 11.0 Å². The average Bonchev–Trinajstić information content (AvgIpc) is 2.60. The SMILES string of the molecule is C=CCN1C(=O)/C(=C\c2ccc(Br)cc2)SC1=S. The van der Waals surface area contributed by atoms with Crippen molar-refractivity contribution in [3.05, 3.63) is 51.9 Å². The summed E-state index contributed by atoms with van der Waals surface area (Å²) in [5, 5.41) is 0. The summed E-state index contributed by atoms with van der Waals surface area (Å²) in [6.07, 6.45) is 3.53. The lowest BCUT2D eigenvalue weighted by molar-refractivity contribution is -0.121. The number of rotatable bonds is 3. The number of hydrogen-bond acceptors (Lipinski definition) is 3. The second kappa shape index (κ2) is 5.82. The standard InChI is InChI=1S/C13H10BrNOS2/c1-2-7-15-12(16)11(18-13(15)17)8-9-3-5-10(14)6-4-9/h2-6,8H,1,7H2/b11-8+. The van der Waals surface area contributed by atoms with E-state index < -0.39 is 0 Å². The van der Waals surface area contributed by atoms with Gasteiger partial charge < -0.3 is 0 Å². The van der Waals surface area contributed by atoms with Crippen molar-refractivity contribution in [3.8, 4) is 0 Å². The van der Waals surface area contributed by atoms with Gasteiger partial charge in [-0.15, -0.1) is 6.58 Å². The largest absolute Gasteiger partial charge is 0.289 e. The Morgan fingerprint density at radius 2 is 2.06 bits per heavy atom. The quantitative estimate of drug-likeness (QED) is 0.474. The summed E-state index contributed by atoms with van der Waals surface area (Å²) in [6, 6.07) is 7.78. The number of carbonyl (C=O) groups excluding carboxylic acids is 1. The van der Waals surface area contributed by atoms with Crippen molar-refractivity contribution in [1.82, 2.24) is 4.90 Å². The maximum absolute atomic E-state index is 12.1. The molecule has 0 atom stereocenters. The van der Waals surface area contributed by atoms with Crippen molar-refractivity contribution < 1.29 is 4.79 Å². The Morgan fingerprint density at radius 1 is 1.39 bits per heavy atom. The van der Waals surface area contributed by atoms with E-state index in [4.69, 9.17) is 12.2 Å². The van der Waals surface area contributed by atoms with E-state index in [-0.39, 0.29) is 5.91 Å². The Balaban J connectivity index is 2.24. The number of thiocarbonyl (C=S) groups is 1. The molecule has 1 aromatic carbocycles. The summed E-state index contributed by atoms with van der Waals surface area (Å²) in [7, 11) is 0. The van der Waals surface area contributed by atoms with Gasteiger partial charge in [0.1, 0.15) is 4.32 Å². The summed E-state index contributed by atoms with van der Waals surface area (Å²) in [5.74, 6) is -0.0483. The number of nitrogens with zero attached hydrogens (tertiary/aromatic N) is 1. The molecule has 0 spiro atoms. The van der Waals surface area contributed by atoms with E-state index in [2.05, 4.69) is 22.5 Å². The number of amides is 1. The molecule has 2 rings (SSSR count). The zero-order valence-corrected chi connectivity index (χ0v) is 12.6. The van der Waals surface area contributed by atoms with E-state index in [1.165, 1.54) is 11.8 Å². The van der Waals surface area contributed by atoms with Gasteiger partial charge in [-0.25, -0.2) is 0 Å². The third-order valence-corrected chi connectivity index (χ3v) is 4.26. The van der Waals surface area contributed by atoms with E-state index in [0.717, 1.165) is 10.0 Å². The maximum Gasteiger partial charge on any atom is 0.266 e. The molecule has 1 heterocycles. The molecule has 0 radical (unpaired) electrons. The highest BCUT2D eigenvalue weighted by molar-refractivity contribution is 9.10. The summed E-state index contributed by atoms with van der Waals surface area (Å²) in [6.45, 7) is 4.08. The van der Waals surface area contributed by atoms with Crippen LogP contribution in [-0.4, -0.2) is 21.7 Å². The van der Waals surface area contributed by atoms with Crippen LogP contribution < -0.4 is 0 Å². The fraction of sp³-hybridized carbons (Fsp3) is 0.0769. The zero-order valence-electron chi connectivity index (χ0n) is 9.43. The smallest absolute Gasteiger partial charge is 0.266 e. The summed E-state index contributed by atoms with van der Waals surface area (Å²) in [4.78, 5) is 14.3. The number of halogens is 1. The van der Waals surface area contributed by atoms with E-state index in [0.29, 0.717) is 15.8 Å². The van der Waals surface area contributed by atoms with Gasteiger partial charge in [0.05, 0.1) is 4.91 Å². The molecule has 92 valence electrons. The first-order valence-corrected chi connectivity index (χ1v) is 7.25. The average molecular weight is 340 g/mol. The molecule has 0 N–H and O–H groups in total. The number of thioether (sulfide) groups is 1. The number of benzene rings is 1. The third-order valence-electron chi connectivity index (χ3n) is 2.35. The zero-order chi connectivity index (χ0) is 13.1. The minimum absolute atomic E-state index is 0.0483. The molecule has 5 heteroatoms. The predicted molar refractivity (Wildman–Crippen MR) is 84.2 cm³/mol. The van der Waals surface area contributed by atoms with Crippen LogP contribution in [0.3, 0.4) is 0 Å². The van der Waals surface area contributed by atoms with Gasteiger partial charge in [-0.05, 0) is 23.8 Å². The van der Waals surface area contributed by atoms with Crippen molar-refractivity contribution in [2.75, 3.05) is 6.54 Å². The second-order valence-corrected chi connectivity index (χ2v) is 6.22. The molecule has 0 aliphatic carbocycles. The molecule has 0 unspecified atom stereocenters. The molecule has 1 aliphatic rings. The molecule has 1 fully saturated rings. The maximum atomic E-state index is 12.1. The lowest BCUT2D eigenvalue weighted by atomic mass is 10.2. The summed E-state index contributed by atoms with van der Waals surface area (Å²) >= 11 is 9.88. The van der Waals surface area contributed by atoms with Gasteiger partial charge >= 0.3 is 0 Å². The first kappa shape index (κ1) is 13.5. The Hall–Kier alpha value is -0.910. The number of hydrogen-bond donors (Lipinski definition) is 0. The number of carbonyl (C=O) groups is 1. The van der Waals surface area contributed by atoms with Gasteiger partial charge in [-0.2, -0.15) is 0 Å². The minimum atomic E-state index is -0.0483. The van der Waals surface area contributed by atoms with Crippen LogP contribution in [0, 0.1) is 0 Å². The Bertz CT molecular complexity index is 536. The molecule has 0 bridgehead atoms. The molecule has 18 heavy (non-hydrogen) atoms. The van der Waals surface area contributed by atoms with Crippen molar-refractivity contribution in [2.24, 2.45) is 0 Å². The van der Waals surface area contributed by atoms with E-state index >= 15 is 0 Å². The van der Waals surface area contributed by atoms with Gasteiger partial charge in [0.25, 0.3) is 5.91 Å². The van der Waals surface area contributed by atoms with Gasteiger partial charge in [0.2, 0.25) is 0 Å².